The first-order valence-corrected chi connectivity index (χ1v) is 6.02. The van der Waals surface area contributed by atoms with Gasteiger partial charge in [-0.3, -0.25) is 0 Å². The minimum absolute atomic E-state index is 0.821. The predicted molar refractivity (Wildman–Crippen MR) is 67.6 cm³/mol. The molecule has 0 saturated heterocycles. The number of anilines is 1. The molecular formula is C12H22N4. The molecule has 1 aromatic heterocycles. The third-order valence-corrected chi connectivity index (χ3v) is 2.52. The van der Waals surface area contributed by atoms with Crippen molar-refractivity contribution in [1.82, 2.24) is 15.3 Å². The largest absolute Gasteiger partial charge is 0.341 e. The minimum Gasteiger partial charge on any atom is -0.341 e. The Labute approximate surface area is 98.1 Å². The lowest BCUT2D eigenvalue weighted by Gasteiger charge is -2.20. The molecule has 0 fully saturated rings. The van der Waals surface area contributed by atoms with Crippen molar-refractivity contribution < 1.29 is 0 Å². The van der Waals surface area contributed by atoms with Gasteiger partial charge in [0.1, 0.15) is 0 Å². The van der Waals surface area contributed by atoms with Crippen molar-refractivity contribution in [3.8, 4) is 0 Å². The molecule has 4 heteroatoms. The second-order valence-corrected chi connectivity index (χ2v) is 3.85. The first-order chi connectivity index (χ1) is 7.81. The fourth-order valence-corrected chi connectivity index (χ4v) is 1.56. The average Bonchev–Trinajstić information content (AvgIpc) is 2.32. The third kappa shape index (κ3) is 3.77. The molecule has 0 aromatic carbocycles. The Hall–Kier alpha value is -1.16. The summed E-state index contributed by atoms with van der Waals surface area (Å²) in [4.78, 5) is 11.0. The summed E-state index contributed by atoms with van der Waals surface area (Å²) in [5.41, 5.74) is 1.12. The second-order valence-electron chi connectivity index (χ2n) is 3.85. The summed E-state index contributed by atoms with van der Waals surface area (Å²) in [7, 11) is 1.92. The lowest BCUT2D eigenvalue weighted by Crippen LogP contribution is -2.26. The number of nitrogens with one attached hydrogen (secondary N) is 1. The van der Waals surface area contributed by atoms with Crippen LogP contribution in [-0.4, -0.2) is 30.1 Å². The molecule has 0 unspecified atom stereocenters. The van der Waals surface area contributed by atoms with Crippen LogP contribution in [0.15, 0.2) is 12.4 Å². The molecule has 1 rings (SSSR count). The Kier molecular flexibility index (Phi) is 5.78. The highest BCUT2D eigenvalue weighted by Crippen LogP contribution is 2.08. The van der Waals surface area contributed by atoms with Crippen LogP contribution in [0, 0.1) is 0 Å². The summed E-state index contributed by atoms with van der Waals surface area (Å²) in [5, 5.41) is 3.09. The molecule has 16 heavy (non-hydrogen) atoms. The molecule has 0 bridgehead atoms. The van der Waals surface area contributed by atoms with E-state index in [1.807, 2.05) is 19.4 Å². The fraction of sp³-hybridized carbons (Fsp3) is 0.667. The minimum atomic E-state index is 0.821. The summed E-state index contributed by atoms with van der Waals surface area (Å²) in [6.45, 7) is 7.16. The van der Waals surface area contributed by atoms with E-state index in [4.69, 9.17) is 0 Å². The number of hydrogen-bond acceptors (Lipinski definition) is 4. The summed E-state index contributed by atoms with van der Waals surface area (Å²) in [5.74, 6) is 0.843. The average molecular weight is 222 g/mol. The molecule has 0 radical (unpaired) electrons. The summed E-state index contributed by atoms with van der Waals surface area (Å²) in [6, 6.07) is 0. The zero-order valence-corrected chi connectivity index (χ0v) is 10.5. The van der Waals surface area contributed by atoms with Crippen LogP contribution in [0.5, 0.6) is 0 Å². The second kappa shape index (κ2) is 7.17. The number of aromatic nitrogens is 2. The quantitative estimate of drug-likeness (QED) is 0.764. The summed E-state index contributed by atoms with van der Waals surface area (Å²) in [6.07, 6.45) is 6.19. The molecule has 0 aliphatic heterocycles. The van der Waals surface area contributed by atoms with Crippen molar-refractivity contribution in [2.75, 3.05) is 25.0 Å². The van der Waals surface area contributed by atoms with Crippen LogP contribution in [0.3, 0.4) is 0 Å². The van der Waals surface area contributed by atoms with E-state index in [1.54, 1.807) is 0 Å². The molecule has 1 heterocycles. The zero-order chi connectivity index (χ0) is 11.8. The molecule has 4 nitrogen and oxygen atoms in total. The van der Waals surface area contributed by atoms with Crippen molar-refractivity contribution >= 4 is 5.95 Å². The van der Waals surface area contributed by atoms with Gasteiger partial charge in [0.2, 0.25) is 5.95 Å². The lowest BCUT2D eigenvalue weighted by atomic mass is 10.3. The fourth-order valence-electron chi connectivity index (χ4n) is 1.56. The van der Waals surface area contributed by atoms with Crippen molar-refractivity contribution in [2.24, 2.45) is 0 Å². The van der Waals surface area contributed by atoms with Gasteiger partial charge >= 0.3 is 0 Å². The molecule has 0 atom stereocenters. The van der Waals surface area contributed by atoms with E-state index in [2.05, 4.69) is 34.0 Å². The van der Waals surface area contributed by atoms with Crippen LogP contribution < -0.4 is 10.2 Å². The Balaban J connectivity index is 2.62. The maximum absolute atomic E-state index is 4.40. The Morgan fingerprint density at radius 3 is 2.44 bits per heavy atom. The standard InChI is InChI=1S/C12H22N4/c1-4-6-7-16(5-2)12-14-9-11(8-13-3)10-15-12/h9-10,13H,4-8H2,1-3H3. The van der Waals surface area contributed by atoms with Gasteiger partial charge in [0.05, 0.1) is 0 Å². The van der Waals surface area contributed by atoms with E-state index in [0.29, 0.717) is 0 Å². The van der Waals surface area contributed by atoms with Crippen molar-refractivity contribution in [2.45, 2.75) is 33.2 Å². The van der Waals surface area contributed by atoms with Crippen LogP contribution in [0.25, 0.3) is 0 Å². The summed E-state index contributed by atoms with van der Waals surface area (Å²) >= 11 is 0. The Morgan fingerprint density at radius 1 is 1.25 bits per heavy atom. The van der Waals surface area contributed by atoms with Gasteiger partial charge in [-0.05, 0) is 20.4 Å². The van der Waals surface area contributed by atoms with E-state index >= 15 is 0 Å². The van der Waals surface area contributed by atoms with Crippen LogP contribution >= 0.6 is 0 Å². The van der Waals surface area contributed by atoms with Crippen LogP contribution in [-0.2, 0) is 6.54 Å². The molecule has 1 aromatic rings. The van der Waals surface area contributed by atoms with Gasteiger partial charge in [0.25, 0.3) is 0 Å². The zero-order valence-electron chi connectivity index (χ0n) is 10.5. The molecule has 1 N–H and O–H groups in total. The van der Waals surface area contributed by atoms with Crippen molar-refractivity contribution in [1.29, 1.82) is 0 Å². The number of hydrogen-bond donors (Lipinski definition) is 1. The molecule has 90 valence electrons. The Bertz CT molecular complexity index is 284. The molecule has 0 saturated carbocycles. The van der Waals surface area contributed by atoms with Gasteiger partial charge < -0.3 is 10.2 Å². The van der Waals surface area contributed by atoms with E-state index in [0.717, 1.165) is 31.1 Å². The number of nitrogens with zero attached hydrogens (tertiary/aromatic N) is 3. The highest BCUT2D eigenvalue weighted by Gasteiger charge is 2.06. The third-order valence-electron chi connectivity index (χ3n) is 2.52. The van der Waals surface area contributed by atoms with Crippen molar-refractivity contribution in [3.63, 3.8) is 0 Å². The smallest absolute Gasteiger partial charge is 0.225 e. The van der Waals surface area contributed by atoms with Gasteiger partial charge in [0.15, 0.2) is 0 Å². The van der Waals surface area contributed by atoms with Gasteiger partial charge in [0, 0.05) is 37.6 Å². The molecular weight excluding hydrogens is 200 g/mol. The molecule has 0 spiro atoms. The predicted octanol–water partition coefficient (Wildman–Crippen LogP) is 1.82. The van der Waals surface area contributed by atoms with E-state index < -0.39 is 0 Å². The first kappa shape index (κ1) is 12.9. The summed E-state index contributed by atoms with van der Waals surface area (Å²) < 4.78 is 0. The highest BCUT2D eigenvalue weighted by atomic mass is 15.2. The molecule has 0 aliphatic carbocycles. The first-order valence-electron chi connectivity index (χ1n) is 6.02. The van der Waals surface area contributed by atoms with Gasteiger partial charge in [-0.15, -0.1) is 0 Å². The van der Waals surface area contributed by atoms with Gasteiger partial charge in [-0.1, -0.05) is 13.3 Å². The van der Waals surface area contributed by atoms with E-state index in [9.17, 15) is 0 Å². The molecule has 0 amide bonds. The van der Waals surface area contributed by atoms with Crippen molar-refractivity contribution in [3.05, 3.63) is 18.0 Å². The lowest BCUT2D eigenvalue weighted by molar-refractivity contribution is 0.710. The van der Waals surface area contributed by atoms with E-state index in [-0.39, 0.29) is 0 Å². The number of unbranched alkanes of at least 4 members (excludes halogenated alkanes) is 1. The maximum Gasteiger partial charge on any atom is 0.225 e. The SMILES string of the molecule is CCCCN(CC)c1ncc(CNC)cn1. The van der Waals surface area contributed by atoms with Crippen LogP contribution in [0.4, 0.5) is 5.95 Å². The number of rotatable bonds is 7. The normalized spacial score (nSPS) is 10.4. The monoisotopic (exact) mass is 222 g/mol. The van der Waals surface area contributed by atoms with Crippen LogP contribution in [0.2, 0.25) is 0 Å². The maximum atomic E-state index is 4.40. The van der Waals surface area contributed by atoms with Crippen LogP contribution in [0.1, 0.15) is 32.3 Å². The van der Waals surface area contributed by atoms with Gasteiger partial charge in [-0.25, -0.2) is 9.97 Å². The van der Waals surface area contributed by atoms with Gasteiger partial charge in [-0.2, -0.15) is 0 Å². The van der Waals surface area contributed by atoms with E-state index in [1.165, 1.54) is 12.8 Å². The highest BCUT2D eigenvalue weighted by molar-refractivity contribution is 5.29. The topological polar surface area (TPSA) is 41.1 Å². The molecule has 0 aliphatic rings. The Morgan fingerprint density at radius 2 is 1.94 bits per heavy atom.